The minimum Gasteiger partial charge on any atom is -0.387 e. The molecular formula is C15H23NO. The minimum atomic E-state index is -0.378. The molecule has 2 heteroatoms. The summed E-state index contributed by atoms with van der Waals surface area (Å²) in [7, 11) is 0. The Balaban J connectivity index is 2.06. The average Bonchev–Trinajstić information content (AvgIpc) is 2.39. The first-order valence-corrected chi connectivity index (χ1v) is 6.69. The Hall–Kier alpha value is -0.860. The number of rotatable bonds is 3. The number of hydrogen-bond acceptors (Lipinski definition) is 2. The number of likely N-dealkylation sites (tertiary alicyclic amines) is 1. The van der Waals surface area contributed by atoms with Crippen LogP contribution in [-0.2, 0) is 0 Å². The van der Waals surface area contributed by atoms with Gasteiger partial charge in [-0.3, -0.25) is 4.90 Å². The molecule has 1 aromatic rings. The summed E-state index contributed by atoms with van der Waals surface area (Å²) in [4.78, 5) is 2.45. The lowest BCUT2D eigenvalue weighted by Crippen LogP contribution is -2.46. The molecule has 1 aromatic carbocycles. The molecular weight excluding hydrogens is 210 g/mol. The van der Waals surface area contributed by atoms with Crippen molar-refractivity contribution in [2.75, 3.05) is 6.54 Å². The monoisotopic (exact) mass is 233 g/mol. The fourth-order valence-electron chi connectivity index (χ4n) is 2.84. The first-order chi connectivity index (χ1) is 8.20. The summed E-state index contributed by atoms with van der Waals surface area (Å²) in [5.74, 6) is 0. The molecule has 2 nitrogen and oxygen atoms in total. The summed E-state index contributed by atoms with van der Waals surface area (Å²) in [6.45, 7) is 5.53. The maximum Gasteiger partial charge on any atom is 0.0942 e. The lowest BCUT2D eigenvalue weighted by Gasteiger charge is -2.40. The predicted octanol–water partition coefficient (Wildman–Crippen LogP) is 2.98. The summed E-state index contributed by atoms with van der Waals surface area (Å²) in [5, 5.41) is 10.4. The quantitative estimate of drug-likeness (QED) is 0.867. The fourth-order valence-corrected chi connectivity index (χ4v) is 2.84. The van der Waals surface area contributed by atoms with Gasteiger partial charge >= 0.3 is 0 Å². The van der Waals surface area contributed by atoms with Crippen LogP contribution in [0.3, 0.4) is 0 Å². The van der Waals surface area contributed by atoms with Crippen LogP contribution in [0.25, 0.3) is 0 Å². The zero-order valence-corrected chi connectivity index (χ0v) is 10.8. The van der Waals surface area contributed by atoms with Gasteiger partial charge in [0.15, 0.2) is 0 Å². The molecule has 1 aliphatic rings. The molecule has 0 bridgehead atoms. The SMILES string of the molecule is CC1CCCCN1C(C)C(O)c1ccccc1. The third-order valence-electron chi connectivity index (χ3n) is 3.98. The largest absolute Gasteiger partial charge is 0.387 e. The van der Waals surface area contributed by atoms with Crippen molar-refractivity contribution in [3.05, 3.63) is 35.9 Å². The smallest absolute Gasteiger partial charge is 0.0942 e. The van der Waals surface area contributed by atoms with E-state index in [2.05, 4.69) is 18.7 Å². The highest BCUT2D eigenvalue weighted by atomic mass is 16.3. The van der Waals surface area contributed by atoms with Crippen LogP contribution in [0.1, 0.15) is 44.8 Å². The third-order valence-corrected chi connectivity index (χ3v) is 3.98. The Morgan fingerprint density at radius 1 is 1.24 bits per heavy atom. The van der Waals surface area contributed by atoms with Gasteiger partial charge in [0, 0.05) is 12.1 Å². The zero-order valence-electron chi connectivity index (χ0n) is 10.8. The van der Waals surface area contributed by atoms with Gasteiger partial charge in [0.05, 0.1) is 6.10 Å². The number of piperidine rings is 1. The van der Waals surface area contributed by atoms with Crippen LogP contribution >= 0.6 is 0 Å². The van der Waals surface area contributed by atoms with Gasteiger partial charge < -0.3 is 5.11 Å². The van der Waals surface area contributed by atoms with Gasteiger partial charge in [-0.2, -0.15) is 0 Å². The third kappa shape index (κ3) is 2.88. The molecule has 0 aliphatic carbocycles. The van der Waals surface area contributed by atoms with E-state index in [0.29, 0.717) is 6.04 Å². The van der Waals surface area contributed by atoms with Gasteiger partial charge in [-0.15, -0.1) is 0 Å². The second kappa shape index (κ2) is 5.65. The highest BCUT2D eigenvalue weighted by Crippen LogP contribution is 2.26. The van der Waals surface area contributed by atoms with Gasteiger partial charge in [0.2, 0.25) is 0 Å². The molecule has 0 spiro atoms. The van der Waals surface area contributed by atoms with E-state index in [1.165, 1.54) is 19.3 Å². The maximum atomic E-state index is 10.4. The van der Waals surface area contributed by atoms with Crippen molar-refractivity contribution in [1.82, 2.24) is 4.90 Å². The first-order valence-electron chi connectivity index (χ1n) is 6.69. The van der Waals surface area contributed by atoms with E-state index in [0.717, 1.165) is 12.1 Å². The van der Waals surface area contributed by atoms with Crippen LogP contribution in [0.5, 0.6) is 0 Å². The second-order valence-electron chi connectivity index (χ2n) is 5.18. The molecule has 0 aromatic heterocycles. The van der Waals surface area contributed by atoms with Gasteiger partial charge in [0.25, 0.3) is 0 Å². The molecule has 94 valence electrons. The Bertz CT molecular complexity index is 338. The topological polar surface area (TPSA) is 23.5 Å². The van der Waals surface area contributed by atoms with Gasteiger partial charge in [-0.05, 0) is 38.8 Å². The van der Waals surface area contributed by atoms with E-state index in [9.17, 15) is 5.11 Å². The molecule has 3 unspecified atom stereocenters. The molecule has 17 heavy (non-hydrogen) atoms. The molecule has 0 amide bonds. The average molecular weight is 233 g/mol. The number of nitrogens with zero attached hydrogens (tertiary/aromatic N) is 1. The minimum absolute atomic E-state index is 0.202. The summed E-state index contributed by atoms with van der Waals surface area (Å²) >= 11 is 0. The van der Waals surface area contributed by atoms with Gasteiger partial charge in [-0.1, -0.05) is 36.8 Å². The lowest BCUT2D eigenvalue weighted by molar-refractivity contribution is 0.0207. The van der Waals surface area contributed by atoms with E-state index in [4.69, 9.17) is 0 Å². The van der Waals surface area contributed by atoms with Crippen molar-refractivity contribution in [2.24, 2.45) is 0 Å². The lowest BCUT2D eigenvalue weighted by atomic mass is 9.96. The van der Waals surface area contributed by atoms with E-state index in [1.807, 2.05) is 30.3 Å². The van der Waals surface area contributed by atoms with E-state index < -0.39 is 0 Å². The number of hydrogen-bond donors (Lipinski definition) is 1. The molecule has 1 fully saturated rings. The number of aliphatic hydroxyl groups is 1. The van der Waals surface area contributed by atoms with Crippen LogP contribution < -0.4 is 0 Å². The standard InChI is InChI=1S/C15H23NO/c1-12-8-6-7-11-16(12)13(2)15(17)14-9-4-3-5-10-14/h3-5,9-10,12-13,15,17H,6-8,11H2,1-2H3. The molecule has 1 saturated heterocycles. The normalized spacial score (nSPS) is 25.5. The zero-order chi connectivity index (χ0) is 12.3. The molecule has 0 saturated carbocycles. The first kappa shape index (κ1) is 12.6. The summed E-state index contributed by atoms with van der Waals surface area (Å²) in [6.07, 6.45) is 3.46. The summed E-state index contributed by atoms with van der Waals surface area (Å²) < 4.78 is 0. The van der Waals surface area contributed by atoms with Gasteiger partial charge in [-0.25, -0.2) is 0 Å². The van der Waals surface area contributed by atoms with Crippen molar-refractivity contribution in [3.63, 3.8) is 0 Å². The van der Waals surface area contributed by atoms with Gasteiger partial charge in [0.1, 0.15) is 0 Å². The fraction of sp³-hybridized carbons (Fsp3) is 0.600. The molecule has 0 radical (unpaired) electrons. The van der Waals surface area contributed by atoms with Crippen molar-refractivity contribution in [1.29, 1.82) is 0 Å². The van der Waals surface area contributed by atoms with Crippen LogP contribution in [0.2, 0.25) is 0 Å². The van der Waals surface area contributed by atoms with Crippen molar-refractivity contribution in [2.45, 2.75) is 51.3 Å². The van der Waals surface area contributed by atoms with Crippen molar-refractivity contribution < 1.29 is 5.11 Å². The maximum absolute atomic E-state index is 10.4. The van der Waals surface area contributed by atoms with Crippen LogP contribution in [-0.4, -0.2) is 28.6 Å². The number of aliphatic hydroxyl groups excluding tert-OH is 1. The molecule has 2 rings (SSSR count). The Labute approximate surface area is 104 Å². The highest BCUT2D eigenvalue weighted by Gasteiger charge is 2.28. The molecule has 1 N–H and O–H groups in total. The predicted molar refractivity (Wildman–Crippen MR) is 70.9 cm³/mol. The highest BCUT2D eigenvalue weighted by molar-refractivity contribution is 5.18. The van der Waals surface area contributed by atoms with E-state index in [-0.39, 0.29) is 12.1 Å². The van der Waals surface area contributed by atoms with Crippen LogP contribution in [0, 0.1) is 0 Å². The Morgan fingerprint density at radius 2 is 1.94 bits per heavy atom. The number of benzene rings is 1. The summed E-state index contributed by atoms with van der Waals surface area (Å²) in [5.41, 5.74) is 1.03. The Kier molecular flexibility index (Phi) is 4.19. The van der Waals surface area contributed by atoms with E-state index in [1.54, 1.807) is 0 Å². The van der Waals surface area contributed by atoms with Crippen LogP contribution in [0.15, 0.2) is 30.3 Å². The van der Waals surface area contributed by atoms with Crippen LogP contribution in [0.4, 0.5) is 0 Å². The second-order valence-corrected chi connectivity index (χ2v) is 5.18. The molecule has 1 aliphatic heterocycles. The molecule has 3 atom stereocenters. The van der Waals surface area contributed by atoms with Crippen molar-refractivity contribution in [3.8, 4) is 0 Å². The summed E-state index contributed by atoms with van der Waals surface area (Å²) in [6, 6.07) is 10.8. The molecule has 1 heterocycles. The van der Waals surface area contributed by atoms with Crippen molar-refractivity contribution >= 4 is 0 Å². The van der Waals surface area contributed by atoms with E-state index >= 15 is 0 Å². The Morgan fingerprint density at radius 3 is 2.59 bits per heavy atom.